The Hall–Kier alpha value is -1.03. The Bertz CT molecular complexity index is 508. The molecule has 0 radical (unpaired) electrons. The number of benzene rings is 1. The predicted octanol–water partition coefficient (Wildman–Crippen LogP) is 3.97. The van der Waals surface area contributed by atoms with E-state index in [0.717, 1.165) is 24.0 Å². The van der Waals surface area contributed by atoms with Crippen LogP contribution in [-0.2, 0) is 0 Å². The maximum atomic E-state index is 12.6. The molecule has 1 aliphatic heterocycles. The normalized spacial score (nSPS) is 19.2. The van der Waals surface area contributed by atoms with E-state index in [-0.39, 0.29) is 11.3 Å². The van der Waals surface area contributed by atoms with Gasteiger partial charge in [0, 0.05) is 17.6 Å². The van der Waals surface area contributed by atoms with Crippen LogP contribution in [0.2, 0.25) is 0 Å². The van der Waals surface area contributed by atoms with Gasteiger partial charge in [-0.2, -0.15) is 0 Å². The number of likely N-dealkylation sites (tertiary alicyclic amines) is 1. The largest absolute Gasteiger partial charge is 0.497 e. The lowest BCUT2D eigenvalue weighted by atomic mass is 9.80. The third-order valence-electron chi connectivity index (χ3n) is 4.10. The van der Waals surface area contributed by atoms with Crippen molar-refractivity contribution in [2.45, 2.75) is 27.2 Å². The molecule has 0 aliphatic carbocycles. The van der Waals surface area contributed by atoms with Gasteiger partial charge in [-0.3, -0.25) is 4.79 Å². The Morgan fingerprint density at radius 2 is 2.10 bits per heavy atom. The number of ether oxygens (including phenoxy) is 1. The number of rotatable bonds is 2. The van der Waals surface area contributed by atoms with Crippen LogP contribution in [-0.4, -0.2) is 31.0 Å². The molecule has 1 aromatic rings. The summed E-state index contributed by atoms with van der Waals surface area (Å²) >= 11 is 3.46. The Morgan fingerprint density at radius 1 is 1.40 bits per heavy atom. The molecule has 1 saturated heterocycles. The van der Waals surface area contributed by atoms with Crippen LogP contribution in [0.4, 0.5) is 0 Å². The zero-order valence-corrected chi connectivity index (χ0v) is 14.2. The minimum Gasteiger partial charge on any atom is -0.497 e. The van der Waals surface area contributed by atoms with Crippen LogP contribution in [0, 0.1) is 11.3 Å². The minimum absolute atomic E-state index is 0.0857. The number of amides is 1. The third kappa shape index (κ3) is 3.17. The lowest BCUT2D eigenvalue weighted by Crippen LogP contribution is -2.31. The second-order valence-electron chi connectivity index (χ2n) is 6.45. The average molecular weight is 340 g/mol. The Kier molecular flexibility index (Phi) is 4.43. The number of methoxy groups -OCH3 is 1. The molecule has 1 atom stereocenters. The lowest BCUT2D eigenvalue weighted by Gasteiger charge is -2.27. The van der Waals surface area contributed by atoms with Gasteiger partial charge in [0.25, 0.3) is 5.91 Å². The highest BCUT2D eigenvalue weighted by molar-refractivity contribution is 9.10. The summed E-state index contributed by atoms with van der Waals surface area (Å²) in [5.74, 6) is 1.36. The van der Waals surface area contributed by atoms with E-state index < -0.39 is 0 Å². The van der Waals surface area contributed by atoms with Gasteiger partial charge in [-0.25, -0.2) is 0 Å². The van der Waals surface area contributed by atoms with E-state index in [1.807, 2.05) is 17.0 Å². The summed E-state index contributed by atoms with van der Waals surface area (Å²) in [6, 6.07) is 5.52. The summed E-state index contributed by atoms with van der Waals surface area (Å²) in [5, 5.41) is 0. The first-order valence-electron chi connectivity index (χ1n) is 6.95. The molecule has 0 N–H and O–H groups in total. The van der Waals surface area contributed by atoms with Gasteiger partial charge < -0.3 is 9.64 Å². The van der Waals surface area contributed by atoms with Crippen molar-refractivity contribution in [2.24, 2.45) is 11.3 Å². The Balaban J connectivity index is 2.17. The van der Waals surface area contributed by atoms with Gasteiger partial charge in [-0.05, 0) is 51.9 Å². The predicted molar refractivity (Wildman–Crippen MR) is 84.2 cm³/mol. The van der Waals surface area contributed by atoms with E-state index >= 15 is 0 Å². The van der Waals surface area contributed by atoms with Crippen molar-refractivity contribution in [3.63, 3.8) is 0 Å². The Labute approximate surface area is 129 Å². The van der Waals surface area contributed by atoms with Gasteiger partial charge in [0.2, 0.25) is 0 Å². The number of carbonyl (C=O) groups is 1. The van der Waals surface area contributed by atoms with Gasteiger partial charge in [-0.1, -0.05) is 20.8 Å². The molecule has 20 heavy (non-hydrogen) atoms. The molecule has 0 aromatic heterocycles. The molecule has 1 aromatic carbocycles. The van der Waals surface area contributed by atoms with Crippen LogP contribution in [0.3, 0.4) is 0 Å². The van der Waals surface area contributed by atoms with Crippen molar-refractivity contribution in [3.05, 3.63) is 28.2 Å². The van der Waals surface area contributed by atoms with Crippen molar-refractivity contribution in [1.29, 1.82) is 0 Å². The van der Waals surface area contributed by atoms with E-state index in [9.17, 15) is 4.79 Å². The smallest absolute Gasteiger partial charge is 0.255 e. The average Bonchev–Trinajstić information content (AvgIpc) is 2.88. The van der Waals surface area contributed by atoms with Gasteiger partial charge >= 0.3 is 0 Å². The summed E-state index contributed by atoms with van der Waals surface area (Å²) in [6.45, 7) is 8.41. The molecule has 1 aliphatic rings. The maximum Gasteiger partial charge on any atom is 0.255 e. The summed E-state index contributed by atoms with van der Waals surface area (Å²) in [7, 11) is 1.61. The van der Waals surface area contributed by atoms with Crippen LogP contribution in [0.25, 0.3) is 0 Å². The third-order valence-corrected chi connectivity index (χ3v) is 4.80. The Morgan fingerprint density at radius 3 is 2.65 bits per heavy atom. The number of halogens is 1. The highest BCUT2D eigenvalue weighted by Crippen LogP contribution is 2.35. The van der Waals surface area contributed by atoms with Crippen molar-refractivity contribution >= 4 is 21.8 Å². The van der Waals surface area contributed by atoms with Crippen molar-refractivity contribution in [3.8, 4) is 5.75 Å². The van der Waals surface area contributed by atoms with Gasteiger partial charge in [0.05, 0.1) is 12.7 Å². The van der Waals surface area contributed by atoms with E-state index in [0.29, 0.717) is 17.2 Å². The SMILES string of the molecule is COc1ccc(Br)c(C(=O)N2CCC(C(C)(C)C)C2)c1. The molecule has 1 amide bonds. The highest BCUT2D eigenvalue weighted by Gasteiger charge is 2.34. The van der Waals surface area contributed by atoms with Crippen LogP contribution >= 0.6 is 15.9 Å². The standard InChI is InChI=1S/C16H22BrNO2/c1-16(2,3)11-7-8-18(10-11)15(19)13-9-12(20-4)5-6-14(13)17/h5-6,9,11H,7-8,10H2,1-4H3. The summed E-state index contributed by atoms with van der Waals surface area (Å²) < 4.78 is 6.03. The van der Waals surface area contributed by atoms with Crippen LogP contribution < -0.4 is 4.74 Å². The first-order chi connectivity index (χ1) is 9.32. The molecule has 0 saturated carbocycles. The molecular weight excluding hydrogens is 318 g/mol. The second kappa shape index (κ2) is 5.76. The van der Waals surface area contributed by atoms with Gasteiger partial charge in [0.1, 0.15) is 5.75 Å². The molecule has 2 rings (SSSR count). The molecular formula is C16H22BrNO2. The molecule has 1 heterocycles. The van der Waals surface area contributed by atoms with E-state index in [4.69, 9.17) is 4.74 Å². The molecule has 4 heteroatoms. The zero-order valence-electron chi connectivity index (χ0n) is 12.6. The zero-order chi connectivity index (χ0) is 14.9. The fourth-order valence-corrected chi connectivity index (χ4v) is 3.03. The second-order valence-corrected chi connectivity index (χ2v) is 7.30. The van der Waals surface area contributed by atoms with Gasteiger partial charge in [0.15, 0.2) is 0 Å². The van der Waals surface area contributed by atoms with Crippen molar-refractivity contribution < 1.29 is 9.53 Å². The summed E-state index contributed by atoms with van der Waals surface area (Å²) in [6.07, 6.45) is 1.08. The monoisotopic (exact) mass is 339 g/mol. The molecule has 0 spiro atoms. The van der Waals surface area contributed by atoms with Crippen LogP contribution in [0.1, 0.15) is 37.6 Å². The van der Waals surface area contributed by atoms with Crippen LogP contribution in [0.15, 0.2) is 22.7 Å². The first-order valence-corrected chi connectivity index (χ1v) is 7.75. The van der Waals surface area contributed by atoms with E-state index in [2.05, 4.69) is 36.7 Å². The summed E-state index contributed by atoms with van der Waals surface area (Å²) in [5.41, 5.74) is 0.930. The molecule has 1 fully saturated rings. The fourth-order valence-electron chi connectivity index (χ4n) is 2.62. The molecule has 1 unspecified atom stereocenters. The lowest BCUT2D eigenvalue weighted by molar-refractivity contribution is 0.0775. The number of nitrogens with zero attached hydrogens (tertiary/aromatic N) is 1. The molecule has 0 bridgehead atoms. The fraction of sp³-hybridized carbons (Fsp3) is 0.562. The minimum atomic E-state index is 0.0857. The first kappa shape index (κ1) is 15.4. The van der Waals surface area contributed by atoms with Crippen LogP contribution in [0.5, 0.6) is 5.75 Å². The maximum absolute atomic E-state index is 12.6. The number of hydrogen-bond acceptors (Lipinski definition) is 2. The molecule has 110 valence electrons. The highest BCUT2D eigenvalue weighted by atomic mass is 79.9. The topological polar surface area (TPSA) is 29.5 Å². The number of carbonyl (C=O) groups excluding carboxylic acids is 1. The summed E-state index contributed by atoms with van der Waals surface area (Å²) in [4.78, 5) is 14.6. The van der Waals surface area contributed by atoms with E-state index in [1.54, 1.807) is 13.2 Å². The number of hydrogen-bond donors (Lipinski definition) is 0. The van der Waals surface area contributed by atoms with Crippen molar-refractivity contribution in [1.82, 2.24) is 4.90 Å². The van der Waals surface area contributed by atoms with E-state index in [1.165, 1.54) is 0 Å². The van der Waals surface area contributed by atoms with Gasteiger partial charge in [-0.15, -0.1) is 0 Å². The van der Waals surface area contributed by atoms with Crippen molar-refractivity contribution in [2.75, 3.05) is 20.2 Å². The molecule has 3 nitrogen and oxygen atoms in total. The quantitative estimate of drug-likeness (QED) is 0.815.